The van der Waals surface area contributed by atoms with Crippen LogP contribution in [0.4, 0.5) is 0 Å². The Morgan fingerprint density at radius 3 is 2.52 bits per heavy atom. The van der Waals surface area contributed by atoms with Gasteiger partial charge in [-0.05, 0) is 30.2 Å². The average Bonchev–Trinajstić information content (AvgIpc) is 2.45. The molecule has 0 radical (unpaired) electrons. The number of rotatable bonds is 4. The van der Waals surface area contributed by atoms with Crippen molar-refractivity contribution in [3.63, 3.8) is 0 Å². The molecule has 0 bridgehead atoms. The number of oxime groups is 1. The lowest BCUT2D eigenvalue weighted by Gasteiger charge is -2.15. The summed E-state index contributed by atoms with van der Waals surface area (Å²) in [7, 11) is 0. The highest BCUT2D eigenvalue weighted by atomic mass is 79.9. The van der Waals surface area contributed by atoms with Crippen LogP contribution in [0.3, 0.4) is 0 Å². The highest BCUT2D eigenvalue weighted by Crippen LogP contribution is 2.40. The number of hydrogen-bond acceptors (Lipinski definition) is 5. The lowest BCUT2D eigenvalue weighted by Crippen LogP contribution is -2.05. The second-order valence-electron chi connectivity index (χ2n) is 4.58. The third-order valence-corrected chi connectivity index (χ3v) is 3.65. The maximum Gasteiger partial charge on any atom is 0.200 e. The van der Waals surface area contributed by atoms with E-state index in [1.807, 2.05) is 24.3 Å². The van der Waals surface area contributed by atoms with E-state index in [-0.39, 0.29) is 0 Å². The van der Waals surface area contributed by atoms with Crippen LogP contribution in [0.15, 0.2) is 46.0 Å². The van der Waals surface area contributed by atoms with Gasteiger partial charge in [-0.2, -0.15) is 0 Å². The summed E-state index contributed by atoms with van der Waals surface area (Å²) in [6.45, 7) is 0. The minimum absolute atomic E-state index is 0.364. The van der Waals surface area contributed by atoms with Gasteiger partial charge in [0.05, 0.1) is 6.21 Å². The van der Waals surface area contributed by atoms with Crippen LogP contribution in [0.25, 0.3) is 0 Å². The van der Waals surface area contributed by atoms with E-state index in [1.54, 1.807) is 0 Å². The number of hydrogen-bond donors (Lipinski definition) is 4. The first-order chi connectivity index (χ1) is 10.0. The van der Waals surface area contributed by atoms with Gasteiger partial charge >= 0.3 is 0 Å². The molecule has 0 aliphatic carbocycles. The van der Waals surface area contributed by atoms with E-state index in [9.17, 15) is 15.3 Å². The summed E-state index contributed by atoms with van der Waals surface area (Å²) in [6, 6.07) is 10.3. The fourth-order valence-electron chi connectivity index (χ4n) is 2.13. The first-order valence-electron chi connectivity index (χ1n) is 6.18. The van der Waals surface area contributed by atoms with Crippen LogP contribution in [0.2, 0.25) is 0 Å². The molecule has 6 heteroatoms. The van der Waals surface area contributed by atoms with Gasteiger partial charge in [0, 0.05) is 16.0 Å². The first-order valence-corrected chi connectivity index (χ1v) is 6.98. The molecule has 21 heavy (non-hydrogen) atoms. The van der Waals surface area contributed by atoms with Gasteiger partial charge in [-0.3, -0.25) is 0 Å². The highest BCUT2D eigenvalue weighted by Gasteiger charge is 2.19. The van der Waals surface area contributed by atoms with E-state index in [0.29, 0.717) is 12.0 Å². The first kappa shape index (κ1) is 15.2. The molecule has 0 spiro atoms. The van der Waals surface area contributed by atoms with Gasteiger partial charge < -0.3 is 20.5 Å². The molecule has 2 rings (SSSR count). The molecule has 1 unspecified atom stereocenters. The van der Waals surface area contributed by atoms with Gasteiger partial charge in [-0.1, -0.05) is 34.1 Å². The molecule has 1 atom stereocenters. The predicted molar refractivity (Wildman–Crippen MR) is 82.3 cm³/mol. The summed E-state index contributed by atoms with van der Waals surface area (Å²) in [5, 5.41) is 40.8. The largest absolute Gasteiger partial charge is 0.504 e. The topological polar surface area (TPSA) is 93.3 Å². The molecule has 0 aliphatic heterocycles. The van der Waals surface area contributed by atoms with Gasteiger partial charge in [0.2, 0.25) is 5.75 Å². The van der Waals surface area contributed by atoms with Crippen molar-refractivity contribution in [2.45, 2.75) is 12.3 Å². The quantitative estimate of drug-likeness (QED) is 0.294. The molecule has 0 aliphatic rings. The van der Waals surface area contributed by atoms with Crippen LogP contribution in [0.5, 0.6) is 17.2 Å². The number of halogens is 1. The van der Waals surface area contributed by atoms with Crippen molar-refractivity contribution in [1.29, 1.82) is 0 Å². The SMILES string of the molecule is ON=CC(Cc1cccc(Br)c1)c1ccc(O)c(O)c1O. The van der Waals surface area contributed by atoms with E-state index in [1.165, 1.54) is 18.3 Å². The van der Waals surface area contributed by atoms with Crippen LogP contribution < -0.4 is 0 Å². The Morgan fingerprint density at radius 1 is 1.10 bits per heavy atom. The average molecular weight is 352 g/mol. The Labute approximate surface area is 129 Å². The van der Waals surface area contributed by atoms with Crippen LogP contribution in [0, 0.1) is 0 Å². The van der Waals surface area contributed by atoms with Crippen LogP contribution in [0.1, 0.15) is 17.0 Å². The van der Waals surface area contributed by atoms with Crippen molar-refractivity contribution >= 4 is 22.1 Å². The molecule has 0 saturated carbocycles. The van der Waals surface area contributed by atoms with E-state index < -0.39 is 23.2 Å². The van der Waals surface area contributed by atoms with Crippen LogP contribution >= 0.6 is 15.9 Å². The number of aromatic hydroxyl groups is 3. The molecule has 0 heterocycles. The summed E-state index contributed by atoms with van der Waals surface area (Å²) in [6.07, 6.45) is 1.73. The number of phenolic OH excluding ortho intramolecular Hbond substituents is 3. The molecule has 4 N–H and O–H groups in total. The zero-order valence-corrected chi connectivity index (χ0v) is 12.5. The molecular formula is C15H14BrNO4. The van der Waals surface area contributed by atoms with Crippen LogP contribution in [-0.2, 0) is 6.42 Å². The monoisotopic (exact) mass is 351 g/mol. The lowest BCUT2D eigenvalue weighted by molar-refractivity contribution is 0.319. The molecular weight excluding hydrogens is 338 g/mol. The second kappa shape index (κ2) is 6.49. The highest BCUT2D eigenvalue weighted by molar-refractivity contribution is 9.10. The molecule has 5 nitrogen and oxygen atoms in total. The summed E-state index contributed by atoms with van der Waals surface area (Å²) in [4.78, 5) is 0. The normalized spacial score (nSPS) is 12.6. The fraction of sp³-hybridized carbons (Fsp3) is 0.133. The number of benzene rings is 2. The molecule has 0 aromatic heterocycles. The van der Waals surface area contributed by atoms with Gasteiger partial charge in [0.15, 0.2) is 11.5 Å². The van der Waals surface area contributed by atoms with Gasteiger partial charge in [0.1, 0.15) is 0 Å². The van der Waals surface area contributed by atoms with Crippen molar-refractivity contribution in [2.75, 3.05) is 0 Å². The fourth-order valence-corrected chi connectivity index (χ4v) is 2.57. The zero-order chi connectivity index (χ0) is 15.4. The lowest BCUT2D eigenvalue weighted by atomic mass is 9.92. The molecule has 0 saturated heterocycles. The Hall–Kier alpha value is -2.21. The smallest absolute Gasteiger partial charge is 0.200 e. The van der Waals surface area contributed by atoms with E-state index in [0.717, 1.165) is 10.0 Å². The van der Waals surface area contributed by atoms with Crippen molar-refractivity contribution in [1.82, 2.24) is 0 Å². The third kappa shape index (κ3) is 3.46. The van der Waals surface area contributed by atoms with E-state index >= 15 is 0 Å². The standard InChI is InChI=1S/C15H14BrNO4/c16-11-3-1-2-9(7-11)6-10(8-17-21)12-4-5-13(18)15(20)14(12)19/h1-5,7-8,10,18-21H,6H2. The molecule has 0 amide bonds. The molecule has 2 aromatic carbocycles. The minimum atomic E-state index is -0.585. The predicted octanol–water partition coefficient (Wildman–Crippen LogP) is 3.35. The molecule has 110 valence electrons. The Balaban J connectivity index is 2.38. The van der Waals surface area contributed by atoms with Crippen molar-refractivity contribution in [3.05, 3.63) is 52.0 Å². The third-order valence-electron chi connectivity index (χ3n) is 3.15. The van der Waals surface area contributed by atoms with Gasteiger partial charge in [-0.25, -0.2) is 0 Å². The molecule has 2 aromatic rings. The minimum Gasteiger partial charge on any atom is -0.504 e. The zero-order valence-electron chi connectivity index (χ0n) is 10.9. The maximum atomic E-state index is 9.95. The maximum absolute atomic E-state index is 9.95. The van der Waals surface area contributed by atoms with Gasteiger partial charge in [-0.15, -0.1) is 5.16 Å². The second-order valence-corrected chi connectivity index (χ2v) is 5.49. The summed E-state index contributed by atoms with van der Waals surface area (Å²) < 4.78 is 0.914. The summed E-state index contributed by atoms with van der Waals surface area (Å²) in [5.74, 6) is -1.86. The summed E-state index contributed by atoms with van der Waals surface area (Å²) >= 11 is 3.38. The Morgan fingerprint density at radius 2 is 1.86 bits per heavy atom. The molecule has 0 fully saturated rings. The van der Waals surface area contributed by atoms with Crippen LogP contribution in [-0.4, -0.2) is 26.7 Å². The van der Waals surface area contributed by atoms with E-state index in [2.05, 4.69) is 21.1 Å². The number of phenols is 3. The van der Waals surface area contributed by atoms with Crippen molar-refractivity contribution in [2.24, 2.45) is 5.16 Å². The van der Waals surface area contributed by atoms with Crippen molar-refractivity contribution in [3.8, 4) is 17.2 Å². The van der Waals surface area contributed by atoms with Crippen molar-refractivity contribution < 1.29 is 20.5 Å². The summed E-state index contributed by atoms with van der Waals surface area (Å²) in [5.41, 5.74) is 1.32. The van der Waals surface area contributed by atoms with Gasteiger partial charge in [0.25, 0.3) is 0 Å². The Bertz CT molecular complexity index is 673. The van der Waals surface area contributed by atoms with E-state index in [4.69, 9.17) is 5.21 Å². The number of nitrogens with zero attached hydrogens (tertiary/aromatic N) is 1. The Kier molecular flexibility index (Phi) is 4.70.